The molecule has 0 aromatic heterocycles. The number of hydrogen-bond acceptors (Lipinski definition) is 10. The Hall–Kier alpha value is -4.38. The molecule has 394 valence electrons. The van der Waals surface area contributed by atoms with Gasteiger partial charge in [-0.3, -0.25) is 23.4 Å². The number of phosphoric ester groups is 1. The lowest BCUT2D eigenvalue weighted by atomic mass is 10.1. The summed E-state index contributed by atoms with van der Waals surface area (Å²) in [5.74, 6) is -1.69. The van der Waals surface area contributed by atoms with Crippen LogP contribution in [-0.4, -0.2) is 66.5 Å². The van der Waals surface area contributed by atoms with Crippen molar-refractivity contribution in [3.63, 3.8) is 0 Å². The molecule has 11 nitrogen and oxygen atoms in total. The van der Waals surface area contributed by atoms with Crippen LogP contribution < -0.4 is 0 Å². The van der Waals surface area contributed by atoms with Crippen LogP contribution in [0.1, 0.15) is 175 Å². The first-order valence-electron chi connectivity index (χ1n) is 26.1. The standard InChI is InChI=1S/C58H91O11P/c1-4-7-10-13-16-19-22-25-27-30-32-35-38-41-44-47-56(60)65-51-55(69-58(62)49-46-43-40-37-34-31-28-26-23-20-17-14-11-8-5-2)53-67-70(63,64)66-52-54(50-59)68-57(61)48-45-42-39-36-33-29-24-21-18-15-12-9-6-3/h7-12,16-21,25-29,33-34,37,43,46,54-55,59H,4-6,13-15,22-24,30-32,35-36,38-42,44-45,47-53H2,1-3H3,(H,63,64)/b10-7-,11-8-,12-9-,19-16-,20-17-,21-18-,27-25-,28-26-,33-29-,37-34-,46-43-. The van der Waals surface area contributed by atoms with E-state index in [1.807, 2.05) is 18.2 Å². The lowest BCUT2D eigenvalue weighted by molar-refractivity contribution is -0.160. The highest BCUT2D eigenvalue weighted by Crippen LogP contribution is 2.43. The van der Waals surface area contributed by atoms with E-state index in [0.29, 0.717) is 19.3 Å². The SMILES string of the molecule is CC/C=C\C/C=C\C/C=C\C/C=C\C/C=C\CC(=O)OC(COC(=O)CCCCCCC/C=C\C/C=C\C/C=C\CC)COP(=O)(O)OCC(CO)OC(=O)CCCCC/C=C\C/C=C\C/C=C\CC. The van der Waals surface area contributed by atoms with Gasteiger partial charge in [-0.15, -0.1) is 0 Å². The zero-order valence-electron chi connectivity index (χ0n) is 43.2. The smallest absolute Gasteiger partial charge is 0.462 e. The van der Waals surface area contributed by atoms with Crippen LogP contribution in [0.25, 0.3) is 0 Å². The molecule has 3 atom stereocenters. The van der Waals surface area contributed by atoms with E-state index in [0.717, 1.165) is 116 Å². The molecule has 12 heteroatoms. The van der Waals surface area contributed by atoms with E-state index in [4.69, 9.17) is 23.3 Å². The first-order valence-corrected chi connectivity index (χ1v) is 27.6. The van der Waals surface area contributed by atoms with E-state index in [9.17, 15) is 28.9 Å². The lowest BCUT2D eigenvalue weighted by Crippen LogP contribution is -2.30. The first kappa shape index (κ1) is 65.6. The largest absolute Gasteiger partial charge is 0.472 e. The number of ether oxygens (including phenoxy) is 3. The molecular formula is C58H91O11P. The van der Waals surface area contributed by atoms with Gasteiger partial charge < -0.3 is 24.2 Å². The van der Waals surface area contributed by atoms with Gasteiger partial charge in [0.15, 0.2) is 6.10 Å². The number of phosphoric acid groups is 1. The van der Waals surface area contributed by atoms with Gasteiger partial charge in [0.1, 0.15) is 12.7 Å². The summed E-state index contributed by atoms with van der Waals surface area (Å²) in [5.41, 5.74) is 0. The van der Waals surface area contributed by atoms with Gasteiger partial charge in [0, 0.05) is 12.8 Å². The van der Waals surface area contributed by atoms with Gasteiger partial charge in [0.25, 0.3) is 0 Å². The number of carbonyl (C=O) groups excluding carboxylic acids is 3. The summed E-state index contributed by atoms with van der Waals surface area (Å²) in [7, 11) is -4.79. The minimum Gasteiger partial charge on any atom is -0.462 e. The molecular weight excluding hydrogens is 904 g/mol. The molecule has 2 N–H and O–H groups in total. The van der Waals surface area contributed by atoms with Crippen molar-refractivity contribution in [2.45, 2.75) is 187 Å². The van der Waals surface area contributed by atoms with Crippen molar-refractivity contribution in [2.75, 3.05) is 26.4 Å². The predicted octanol–water partition coefficient (Wildman–Crippen LogP) is 15.0. The number of allylic oxidation sites excluding steroid dienone is 21. The summed E-state index contributed by atoms with van der Waals surface area (Å²) < 4.78 is 39.2. The Labute approximate surface area is 423 Å². The Morgan fingerprint density at radius 3 is 1.20 bits per heavy atom. The molecule has 0 radical (unpaired) electrons. The van der Waals surface area contributed by atoms with Crippen LogP contribution in [0.2, 0.25) is 0 Å². The van der Waals surface area contributed by atoms with Crippen LogP contribution in [0.15, 0.2) is 134 Å². The van der Waals surface area contributed by atoms with Crippen LogP contribution >= 0.6 is 7.82 Å². The molecule has 0 spiro atoms. The maximum Gasteiger partial charge on any atom is 0.472 e. The highest BCUT2D eigenvalue weighted by atomic mass is 31.2. The number of rotatable bonds is 46. The van der Waals surface area contributed by atoms with E-state index in [-0.39, 0.29) is 19.3 Å². The first-order chi connectivity index (χ1) is 34.2. The molecule has 0 aromatic rings. The molecule has 0 aliphatic carbocycles. The molecule has 0 aliphatic heterocycles. The monoisotopic (exact) mass is 995 g/mol. The predicted molar refractivity (Wildman–Crippen MR) is 288 cm³/mol. The Kier molecular flexibility index (Phi) is 47.8. The highest BCUT2D eigenvalue weighted by Gasteiger charge is 2.28. The molecule has 0 heterocycles. The molecule has 0 amide bonds. The summed E-state index contributed by atoms with van der Waals surface area (Å²) in [4.78, 5) is 48.3. The Bertz CT molecular complexity index is 1680. The third kappa shape index (κ3) is 48.6. The fourth-order valence-electron chi connectivity index (χ4n) is 6.22. The zero-order chi connectivity index (χ0) is 51.3. The van der Waals surface area contributed by atoms with Crippen LogP contribution in [0, 0.1) is 0 Å². The quantitative estimate of drug-likeness (QED) is 0.0197. The molecule has 70 heavy (non-hydrogen) atoms. The number of unbranched alkanes of at least 4 members (excludes halogenated alkanes) is 8. The van der Waals surface area contributed by atoms with Crippen molar-refractivity contribution in [1.29, 1.82) is 0 Å². The van der Waals surface area contributed by atoms with Crippen molar-refractivity contribution in [3.8, 4) is 0 Å². The maximum absolute atomic E-state index is 12.8. The van der Waals surface area contributed by atoms with Crippen LogP contribution in [-0.2, 0) is 42.2 Å². The summed E-state index contributed by atoms with van der Waals surface area (Å²) >= 11 is 0. The molecule has 0 saturated carbocycles. The summed E-state index contributed by atoms with van der Waals surface area (Å²) in [6.07, 6.45) is 63.1. The third-order valence-corrected chi connectivity index (χ3v) is 11.0. The lowest BCUT2D eigenvalue weighted by Gasteiger charge is -2.21. The van der Waals surface area contributed by atoms with Crippen molar-refractivity contribution < 1.29 is 52.2 Å². The minimum absolute atomic E-state index is 0.0783. The molecule has 0 bridgehead atoms. The van der Waals surface area contributed by atoms with Gasteiger partial charge in [-0.25, -0.2) is 4.57 Å². The minimum atomic E-state index is -4.79. The molecule has 0 rings (SSSR count). The Balaban J connectivity index is 4.94. The van der Waals surface area contributed by atoms with Crippen LogP contribution in [0.4, 0.5) is 0 Å². The average Bonchev–Trinajstić information content (AvgIpc) is 3.35. The van der Waals surface area contributed by atoms with Gasteiger partial charge in [0.2, 0.25) is 0 Å². The summed E-state index contributed by atoms with van der Waals surface area (Å²) in [6.45, 7) is 4.09. The second-order valence-electron chi connectivity index (χ2n) is 16.6. The Morgan fingerprint density at radius 1 is 0.414 bits per heavy atom. The van der Waals surface area contributed by atoms with Crippen molar-refractivity contribution in [2.24, 2.45) is 0 Å². The van der Waals surface area contributed by atoms with Gasteiger partial charge in [-0.1, -0.05) is 180 Å². The van der Waals surface area contributed by atoms with Crippen molar-refractivity contribution in [3.05, 3.63) is 134 Å². The van der Waals surface area contributed by atoms with Crippen LogP contribution in [0.5, 0.6) is 0 Å². The van der Waals surface area contributed by atoms with Gasteiger partial charge >= 0.3 is 25.7 Å². The molecule has 3 unspecified atom stereocenters. The number of aliphatic hydroxyl groups excluding tert-OH is 1. The maximum atomic E-state index is 12.8. The van der Waals surface area contributed by atoms with Gasteiger partial charge in [-0.2, -0.15) is 0 Å². The topological polar surface area (TPSA) is 155 Å². The normalized spacial score (nSPS) is 14.5. The summed E-state index contributed by atoms with van der Waals surface area (Å²) in [5, 5.41) is 9.77. The van der Waals surface area contributed by atoms with E-state index < -0.39 is 64.4 Å². The number of aliphatic hydroxyl groups is 1. The average molecular weight is 995 g/mol. The highest BCUT2D eigenvalue weighted by molar-refractivity contribution is 7.47. The second-order valence-corrected chi connectivity index (χ2v) is 18.0. The molecule has 0 aromatic carbocycles. The molecule has 0 aliphatic rings. The van der Waals surface area contributed by atoms with E-state index >= 15 is 0 Å². The van der Waals surface area contributed by atoms with E-state index in [1.165, 1.54) is 0 Å². The van der Waals surface area contributed by atoms with E-state index in [2.05, 4.69) is 130 Å². The molecule has 0 fully saturated rings. The number of carbonyl (C=O) groups is 3. The van der Waals surface area contributed by atoms with Crippen molar-refractivity contribution >= 4 is 25.7 Å². The number of hydrogen-bond donors (Lipinski definition) is 2. The number of esters is 3. The van der Waals surface area contributed by atoms with Crippen molar-refractivity contribution in [1.82, 2.24) is 0 Å². The summed E-state index contributed by atoms with van der Waals surface area (Å²) in [6, 6.07) is 0. The molecule has 0 saturated heterocycles. The van der Waals surface area contributed by atoms with Gasteiger partial charge in [-0.05, 0) is 109 Å². The third-order valence-electron chi connectivity index (χ3n) is 10.1. The zero-order valence-corrected chi connectivity index (χ0v) is 44.1. The second kappa shape index (κ2) is 51.0. The fourth-order valence-corrected chi connectivity index (χ4v) is 7.01. The Morgan fingerprint density at radius 2 is 0.757 bits per heavy atom. The fraction of sp³-hybridized carbons (Fsp3) is 0.569. The van der Waals surface area contributed by atoms with E-state index in [1.54, 1.807) is 6.08 Å². The van der Waals surface area contributed by atoms with Crippen LogP contribution in [0.3, 0.4) is 0 Å². The van der Waals surface area contributed by atoms with Gasteiger partial charge in [0.05, 0.1) is 26.2 Å².